The van der Waals surface area contributed by atoms with E-state index < -0.39 is 0 Å². The van der Waals surface area contributed by atoms with Crippen molar-refractivity contribution in [2.75, 3.05) is 0 Å². The molecule has 1 fully saturated rings. The van der Waals surface area contributed by atoms with Crippen molar-refractivity contribution in [1.82, 2.24) is 14.8 Å². The Morgan fingerprint density at radius 3 is 2.92 bits per heavy atom. The summed E-state index contributed by atoms with van der Waals surface area (Å²) >= 11 is 6.16. The molecule has 0 radical (unpaired) electrons. The van der Waals surface area contributed by atoms with E-state index in [2.05, 4.69) is 10.1 Å². The Labute approximate surface area is 76.7 Å². The monoisotopic (exact) mass is 185 g/mol. The first-order chi connectivity index (χ1) is 5.79. The van der Waals surface area contributed by atoms with Crippen molar-refractivity contribution in [3.8, 4) is 0 Å². The summed E-state index contributed by atoms with van der Waals surface area (Å²) in [6.07, 6.45) is 5.07. The highest BCUT2D eigenvalue weighted by atomic mass is 35.5. The van der Waals surface area contributed by atoms with E-state index in [1.165, 1.54) is 6.42 Å². The summed E-state index contributed by atoms with van der Waals surface area (Å²) in [6, 6.07) is 0. The van der Waals surface area contributed by atoms with Crippen LogP contribution in [0, 0.1) is 0 Å². The summed E-state index contributed by atoms with van der Waals surface area (Å²) in [7, 11) is 1.92. The molecule has 0 aromatic carbocycles. The molecule has 1 aromatic rings. The van der Waals surface area contributed by atoms with Gasteiger partial charge in [0, 0.05) is 18.3 Å². The van der Waals surface area contributed by atoms with Crippen molar-refractivity contribution in [3.05, 3.63) is 12.2 Å². The fourth-order valence-corrected chi connectivity index (χ4v) is 2.24. The van der Waals surface area contributed by atoms with Crippen molar-refractivity contribution in [2.45, 2.75) is 30.6 Å². The lowest BCUT2D eigenvalue weighted by molar-refractivity contribution is 0.605. The Kier molecular flexibility index (Phi) is 2.05. The second-order valence-electron chi connectivity index (χ2n) is 3.30. The van der Waals surface area contributed by atoms with Crippen molar-refractivity contribution in [2.24, 2.45) is 7.05 Å². The molecule has 0 bridgehead atoms. The van der Waals surface area contributed by atoms with Gasteiger partial charge in [0.2, 0.25) is 0 Å². The Bertz CT molecular complexity index is 271. The predicted molar refractivity (Wildman–Crippen MR) is 47.2 cm³/mol. The minimum Gasteiger partial charge on any atom is -0.253 e. The van der Waals surface area contributed by atoms with Crippen LogP contribution in [0.3, 0.4) is 0 Å². The summed E-state index contributed by atoms with van der Waals surface area (Å²) in [4.78, 5) is 4.22. The minimum absolute atomic E-state index is 0.257. The lowest BCUT2D eigenvalue weighted by Gasteiger charge is -2.11. The van der Waals surface area contributed by atoms with Gasteiger partial charge >= 0.3 is 0 Å². The summed E-state index contributed by atoms with van der Waals surface area (Å²) in [5, 5.41) is 4.30. The number of hydrogen-bond donors (Lipinski definition) is 0. The fourth-order valence-electron chi connectivity index (χ4n) is 1.85. The van der Waals surface area contributed by atoms with Gasteiger partial charge in [-0.3, -0.25) is 4.68 Å². The third kappa shape index (κ3) is 1.22. The molecular weight excluding hydrogens is 174 g/mol. The summed E-state index contributed by atoms with van der Waals surface area (Å²) in [5.41, 5.74) is 0. The first kappa shape index (κ1) is 8.05. The van der Waals surface area contributed by atoms with Crippen molar-refractivity contribution < 1.29 is 0 Å². The van der Waals surface area contributed by atoms with E-state index in [4.69, 9.17) is 11.6 Å². The van der Waals surface area contributed by atoms with E-state index in [0.717, 1.165) is 18.7 Å². The third-order valence-electron chi connectivity index (χ3n) is 2.51. The molecule has 2 unspecified atom stereocenters. The van der Waals surface area contributed by atoms with Gasteiger partial charge in [0.05, 0.1) is 0 Å². The first-order valence-electron chi connectivity index (χ1n) is 4.27. The van der Waals surface area contributed by atoms with Crippen LogP contribution in [-0.2, 0) is 7.05 Å². The molecule has 2 atom stereocenters. The molecule has 1 aliphatic carbocycles. The maximum absolute atomic E-state index is 6.16. The molecule has 12 heavy (non-hydrogen) atoms. The number of aromatic nitrogens is 3. The second-order valence-corrected chi connectivity index (χ2v) is 3.86. The zero-order valence-electron chi connectivity index (χ0n) is 7.07. The van der Waals surface area contributed by atoms with Crippen LogP contribution in [0.15, 0.2) is 6.33 Å². The molecule has 1 saturated carbocycles. The largest absolute Gasteiger partial charge is 0.253 e. The molecular formula is C8H12ClN3. The van der Waals surface area contributed by atoms with Gasteiger partial charge in [-0.2, -0.15) is 5.10 Å². The Morgan fingerprint density at radius 1 is 1.58 bits per heavy atom. The Hall–Kier alpha value is -0.570. The van der Waals surface area contributed by atoms with Crippen LogP contribution in [0.5, 0.6) is 0 Å². The van der Waals surface area contributed by atoms with E-state index in [-0.39, 0.29) is 5.38 Å². The van der Waals surface area contributed by atoms with Crippen LogP contribution in [0.4, 0.5) is 0 Å². The zero-order chi connectivity index (χ0) is 8.55. The van der Waals surface area contributed by atoms with Crippen molar-refractivity contribution >= 4 is 11.6 Å². The lowest BCUT2D eigenvalue weighted by Crippen LogP contribution is -2.11. The lowest BCUT2D eigenvalue weighted by atomic mass is 10.1. The molecule has 66 valence electrons. The smallest absolute Gasteiger partial charge is 0.138 e. The summed E-state index contributed by atoms with van der Waals surface area (Å²) in [5.74, 6) is 1.45. The minimum atomic E-state index is 0.257. The van der Waals surface area contributed by atoms with Gasteiger partial charge < -0.3 is 0 Å². The predicted octanol–water partition coefficient (Wildman–Crippen LogP) is 1.69. The number of halogens is 1. The molecule has 2 rings (SSSR count). The van der Waals surface area contributed by atoms with E-state index in [1.54, 1.807) is 6.33 Å². The van der Waals surface area contributed by atoms with E-state index in [1.807, 2.05) is 11.7 Å². The Morgan fingerprint density at radius 2 is 2.42 bits per heavy atom. The molecule has 3 nitrogen and oxygen atoms in total. The number of hydrogen-bond acceptors (Lipinski definition) is 2. The van der Waals surface area contributed by atoms with Crippen LogP contribution in [0.1, 0.15) is 31.0 Å². The van der Waals surface area contributed by atoms with Crippen LogP contribution in [0.25, 0.3) is 0 Å². The summed E-state index contributed by atoms with van der Waals surface area (Å²) in [6.45, 7) is 0. The van der Waals surface area contributed by atoms with E-state index >= 15 is 0 Å². The number of alkyl halides is 1. The standard InChI is InChI=1S/C8H12ClN3/c1-12-8(10-5-11-12)6-3-2-4-7(6)9/h5-7H,2-4H2,1H3. The molecule has 0 amide bonds. The quantitative estimate of drug-likeness (QED) is 0.624. The highest BCUT2D eigenvalue weighted by Crippen LogP contribution is 2.36. The van der Waals surface area contributed by atoms with Gasteiger partial charge in [-0.1, -0.05) is 6.42 Å². The Balaban J connectivity index is 2.24. The van der Waals surface area contributed by atoms with Gasteiger partial charge in [0.25, 0.3) is 0 Å². The fraction of sp³-hybridized carbons (Fsp3) is 0.750. The van der Waals surface area contributed by atoms with Crippen LogP contribution < -0.4 is 0 Å². The van der Waals surface area contributed by atoms with E-state index in [0.29, 0.717) is 5.92 Å². The van der Waals surface area contributed by atoms with Crippen LogP contribution in [0.2, 0.25) is 0 Å². The molecule has 0 N–H and O–H groups in total. The van der Waals surface area contributed by atoms with E-state index in [9.17, 15) is 0 Å². The van der Waals surface area contributed by atoms with Gasteiger partial charge in [-0.15, -0.1) is 11.6 Å². The van der Waals surface area contributed by atoms with Crippen LogP contribution >= 0.6 is 11.6 Å². The highest BCUT2D eigenvalue weighted by Gasteiger charge is 2.29. The highest BCUT2D eigenvalue weighted by molar-refractivity contribution is 6.21. The van der Waals surface area contributed by atoms with Gasteiger partial charge in [-0.25, -0.2) is 4.98 Å². The molecule has 1 aromatic heterocycles. The summed E-state index contributed by atoms with van der Waals surface area (Å²) < 4.78 is 1.82. The number of rotatable bonds is 1. The van der Waals surface area contributed by atoms with Gasteiger partial charge in [0.15, 0.2) is 0 Å². The molecule has 1 aliphatic rings. The average molecular weight is 186 g/mol. The number of nitrogens with zero attached hydrogens (tertiary/aromatic N) is 3. The van der Waals surface area contributed by atoms with Crippen molar-refractivity contribution in [3.63, 3.8) is 0 Å². The first-order valence-corrected chi connectivity index (χ1v) is 4.70. The maximum atomic E-state index is 6.16. The molecule has 0 saturated heterocycles. The molecule has 1 heterocycles. The van der Waals surface area contributed by atoms with Crippen LogP contribution in [-0.4, -0.2) is 20.1 Å². The zero-order valence-corrected chi connectivity index (χ0v) is 7.83. The second kappa shape index (κ2) is 3.05. The number of aryl methyl sites for hydroxylation is 1. The average Bonchev–Trinajstić information content (AvgIpc) is 2.59. The topological polar surface area (TPSA) is 30.7 Å². The van der Waals surface area contributed by atoms with Gasteiger partial charge in [-0.05, 0) is 12.8 Å². The molecule has 4 heteroatoms. The van der Waals surface area contributed by atoms with Crippen molar-refractivity contribution in [1.29, 1.82) is 0 Å². The SMILES string of the molecule is Cn1ncnc1C1CCCC1Cl. The van der Waals surface area contributed by atoms with Gasteiger partial charge in [0.1, 0.15) is 12.2 Å². The molecule has 0 spiro atoms. The maximum Gasteiger partial charge on any atom is 0.138 e. The normalized spacial score (nSPS) is 29.5. The third-order valence-corrected chi connectivity index (χ3v) is 3.03. The molecule has 0 aliphatic heterocycles.